The van der Waals surface area contributed by atoms with E-state index in [0.29, 0.717) is 30.1 Å². The summed E-state index contributed by atoms with van der Waals surface area (Å²) >= 11 is 1.19. The number of nitriles is 1. The van der Waals surface area contributed by atoms with Crippen LogP contribution in [0.1, 0.15) is 23.4 Å². The second-order valence-electron chi connectivity index (χ2n) is 5.95. The van der Waals surface area contributed by atoms with E-state index in [1.807, 2.05) is 0 Å². The smallest absolute Gasteiger partial charge is 0.250 e. The van der Waals surface area contributed by atoms with Crippen LogP contribution in [-0.4, -0.2) is 36.9 Å². The number of methoxy groups -OCH3 is 1. The second-order valence-corrected chi connectivity index (χ2v) is 8.96. The zero-order valence-electron chi connectivity index (χ0n) is 15.0. The van der Waals surface area contributed by atoms with Gasteiger partial charge >= 0.3 is 0 Å². The number of thiophene rings is 1. The molecule has 0 saturated heterocycles. The SMILES string of the molecule is COCCCn1cnnc1CNS(=O)(=O)c1sc2ccc(C#N)cc2c1C. The Balaban J connectivity index is 1.80. The molecule has 2 aromatic heterocycles. The predicted octanol–water partition coefficient (Wildman–Crippen LogP) is 2.19. The normalized spacial score (nSPS) is 11.7. The van der Waals surface area contributed by atoms with Gasteiger partial charge in [0.1, 0.15) is 16.4 Å². The monoisotopic (exact) mass is 405 g/mol. The molecule has 10 heteroatoms. The fourth-order valence-electron chi connectivity index (χ4n) is 2.73. The van der Waals surface area contributed by atoms with Gasteiger partial charge in [-0.05, 0) is 42.5 Å². The molecule has 3 aromatic rings. The predicted molar refractivity (Wildman–Crippen MR) is 102 cm³/mol. The fraction of sp³-hybridized carbons (Fsp3) is 0.353. The van der Waals surface area contributed by atoms with E-state index in [0.717, 1.165) is 16.5 Å². The number of aromatic nitrogens is 3. The Bertz CT molecular complexity index is 1100. The molecule has 27 heavy (non-hydrogen) atoms. The highest BCUT2D eigenvalue weighted by molar-refractivity contribution is 7.91. The van der Waals surface area contributed by atoms with Crippen LogP contribution in [0, 0.1) is 18.3 Å². The first-order valence-electron chi connectivity index (χ1n) is 8.25. The highest BCUT2D eigenvalue weighted by Gasteiger charge is 2.22. The number of aryl methyl sites for hydroxylation is 2. The Morgan fingerprint density at radius 3 is 2.96 bits per heavy atom. The summed E-state index contributed by atoms with van der Waals surface area (Å²) < 4.78 is 36.1. The van der Waals surface area contributed by atoms with Crippen LogP contribution >= 0.6 is 11.3 Å². The summed E-state index contributed by atoms with van der Waals surface area (Å²) in [6.07, 6.45) is 2.36. The molecule has 3 rings (SSSR count). The van der Waals surface area contributed by atoms with Crippen LogP contribution in [0.4, 0.5) is 0 Å². The molecule has 1 N–H and O–H groups in total. The number of nitrogens with zero attached hydrogens (tertiary/aromatic N) is 4. The zero-order chi connectivity index (χ0) is 19.4. The molecular weight excluding hydrogens is 386 g/mol. The van der Waals surface area contributed by atoms with E-state index in [2.05, 4.69) is 21.0 Å². The van der Waals surface area contributed by atoms with Crippen LogP contribution in [0.2, 0.25) is 0 Å². The van der Waals surface area contributed by atoms with Gasteiger partial charge in [0.15, 0.2) is 0 Å². The van der Waals surface area contributed by atoms with Crippen molar-refractivity contribution in [2.75, 3.05) is 13.7 Å². The third-order valence-electron chi connectivity index (χ3n) is 4.13. The molecule has 142 valence electrons. The molecule has 0 aliphatic rings. The minimum absolute atomic E-state index is 0.0481. The number of rotatable bonds is 8. The maximum absolute atomic E-state index is 12.8. The van der Waals surface area contributed by atoms with Gasteiger partial charge in [-0.1, -0.05) is 0 Å². The van der Waals surface area contributed by atoms with Crippen molar-refractivity contribution in [1.29, 1.82) is 5.26 Å². The third kappa shape index (κ3) is 4.17. The van der Waals surface area contributed by atoms with Crippen molar-refractivity contribution in [3.8, 4) is 6.07 Å². The lowest BCUT2D eigenvalue weighted by molar-refractivity contribution is 0.190. The molecule has 2 heterocycles. The second kappa shape index (κ2) is 8.14. The van der Waals surface area contributed by atoms with Crippen molar-refractivity contribution in [2.24, 2.45) is 0 Å². The van der Waals surface area contributed by atoms with Gasteiger partial charge in [-0.2, -0.15) is 5.26 Å². The molecule has 0 fully saturated rings. The quantitative estimate of drug-likeness (QED) is 0.575. The standard InChI is InChI=1S/C17H19N5O3S2/c1-12-14-8-13(9-18)4-5-15(14)26-17(12)27(23,24)20-10-16-21-19-11-22(16)6-3-7-25-2/h4-5,8,11,20H,3,6-7,10H2,1-2H3. The third-order valence-corrected chi connectivity index (χ3v) is 7.42. The van der Waals surface area contributed by atoms with E-state index in [4.69, 9.17) is 10.00 Å². The van der Waals surface area contributed by atoms with Crippen molar-refractivity contribution in [3.05, 3.63) is 41.5 Å². The lowest BCUT2D eigenvalue weighted by atomic mass is 10.1. The lowest BCUT2D eigenvalue weighted by Gasteiger charge is -2.08. The first kappa shape index (κ1) is 19.4. The molecule has 1 aromatic carbocycles. The van der Waals surface area contributed by atoms with Crippen molar-refractivity contribution in [3.63, 3.8) is 0 Å². The summed E-state index contributed by atoms with van der Waals surface area (Å²) in [4.78, 5) is 0. The van der Waals surface area contributed by atoms with Crippen LogP contribution in [0.3, 0.4) is 0 Å². The van der Waals surface area contributed by atoms with Gasteiger partial charge in [0.05, 0.1) is 18.2 Å². The van der Waals surface area contributed by atoms with Gasteiger partial charge in [0, 0.05) is 25.0 Å². The first-order chi connectivity index (χ1) is 13.0. The molecule has 0 spiro atoms. The Kier molecular flexibility index (Phi) is 5.86. The van der Waals surface area contributed by atoms with Crippen molar-refractivity contribution in [1.82, 2.24) is 19.5 Å². The minimum Gasteiger partial charge on any atom is -0.385 e. The molecule has 0 amide bonds. The summed E-state index contributed by atoms with van der Waals surface area (Å²) in [5.74, 6) is 0.542. The summed E-state index contributed by atoms with van der Waals surface area (Å²) in [6, 6.07) is 7.25. The molecule has 0 saturated carbocycles. The Labute approximate surface area is 161 Å². The number of fused-ring (bicyclic) bond motifs is 1. The molecule has 0 unspecified atom stereocenters. The molecular formula is C17H19N5O3S2. The molecule has 0 aliphatic carbocycles. The van der Waals surface area contributed by atoms with E-state index in [1.54, 1.807) is 43.1 Å². The Morgan fingerprint density at radius 2 is 2.22 bits per heavy atom. The molecule has 0 radical (unpaired) electrons. The number of benzene rings is 1. The number of sulfonamides is 1. The van der Waals surface area contributed by atoms with Crippen molar-refractivity contribution < 1.29 is 13.2 Å². The molecule has 0 aliphatic heterocycles. The van der Waals surface area contributed by atoms with E-state index in [1.165, 1.54) is 11.3 Å². The summed E-state index contributed by atoms with van der Waals surface area (Å²) in [5, 5.41) is 17.7. The van der Waals surface area contributed by atoms with E-state index in [-0.39, 0.29) is 10.8 Å². The van der Waals surface area contributed by atoms with Gasteiger partial charge in [-0.25, -0.2) is 13.1 Å². The fourth-order valence-corrected chi connectivity index (χ4v) is 5.50. The molecule has 0 atom stereocenters. The summed E-state index contributed by atoms with van der Waals surface area (Å²) in [6.45, 7) is 3.06. The van der Waals surface area contributed by atoms with E-state index in [9.17, 15) is 8.42 Å². The molecule has 8 nitrogen and oxygen atoms in total. The lowest BCUT2D eigenvalue weighted by Crippen LogP contribution is -2.25. The van der Waals surface area contributed by atoms with Gasteiger partial charge in [0.2, 0.25) is 0 Å². The van der Waals surface area contributed by atoms with Gasteiger partial charge < -0.3 is 9.30 Å². The Hall–Kier alpha value is -2.32. The zero-order valence-corrected chi connectivity index (χ0v) is 16.6. The topological polar surface area (TPSA) is 110 Å². The summed E-state index contributed by atoms with van der Waals surface area (Å²) in [7, 11) is -2.08. The van der Waals surface area contributed by atoms with Crippen molar-refractivity contribution in [2.45, 2.75) is 30.6 Å². The minimum atomic E-state index is -3.71. The van der Waals surface area contributed by atoms with Crippen LogP contribution < -0.4 is 4.72 Å². The largest absolute Gasteiger partial charge is 0.385 e. The van der Waals surface area contributed by atoms with Gasteiger partial charge in [-0.15, -0.1) is 21.5 Å². The van der Waals surface area contributed by atoms with E-state index < -0.39 is 10.0 Å². The van der Waals surface area contributed by atoms with Gasteiger partial charge in [0.25, 0.3) is 10.0 Å². The summed E-state index contributed by atoms with van der Waals surface area (Å²) in [5.41, 5.74) is 1.14. The van der Waals surface area contributed by atoms with Crippen LogP contribution in [-0.2, 0) is 27.8 Å². The number of hydrogen-bond donors (Lipinski definition) is 1. The van der Waals surface area contributed by atoms with Crippen LogP contribution in [0.15, 0.2) is 28.7 Å². The highest BCUT2D eigenvalue weighted by atomic mass is 32.2. The van der Waals surface area contributed by atoms with Crippen LogP contribution in [0.25, 0.3) is 10.1 Å². The average Bonchev–Trinajstić information content (AvgIpc) is 3.25. The number of ether oxygens (including phenoxy) is 1. The van der Waals surface area contributed by atoms with E-state index >= 15 is 0 Å². The van der Waals surface area contributed by atoms with Crippen molar-refractivity contribution >= 4 is 31.4 Å². The van der Waals surface area contributed by atoms with Gasteiger partial charge in [-0.3, -0.25) is 0 Å². The number of hydrogen-bond acceptors (Lipinski definition) is 7. The maximum Gasteiger partial charge on any atom is 0.250 e. The first-order valence-corrected chi connectivity index (χ1v) is 10.5. The number of nitrogens with one attached hydrogen (secondary N) is 1. The highest BCUT2D eigenvalue weighted by Crippen LogP contribution is 2.34. The average molecular weight is 406 g/mol. The maximum atomic E-state index is 12.8. The molecule has 0 bridgehead atoms. The van der Waals surface area contributed by atoms with Crippen LogP contribution in [0.5, 0.6) is 0 Å². The Morgan fingerprint density at radius 1 is 1.41 bits per heavy atom.